The van der Waals surface area contributed by atoms with Gasteiger partial charge >= 0.3 is 0 Å². The fourth-order valence-corrected chi connectivity index (χ4v) is 3.80. The number of hydrogen-bond donors (Lipinski definition) is 0. The van der Waals surface area contributed by atoms with Crippen LogP contribution in [0.2, 0.25) is 0 Å². The maximum atomic E-state index is 4.21. The van der Waals surface area contributed by atoms with Crippen LogP contribution in [-0.4, -0.2) is 12.4 Å². The van der Waals surface area contributed by atoms with Gasteiger partial charge in [-0.05, 0) is 59.8 Å². The number of aryl methyl sites for hydroxylation is 1. The highest BCUT2D eigenvalue weighted by Gasteiger charge is 2.19. The molecule has 0 bridgehead atoms. The van der Waals surface area contributed by atoms with Crippen LogP contribution in [-0.2, 0) is 6.42 Å². The zero-order valence-corrected chi connectivity index (χ0v) is 16.8. The molecular weight excluding hydrogens is 328 g/mol. The van der Waals surface area contributed by atoms with Crippen LogP contribution in [0.1, 0.15) is 80.5 Å². The van der Waals surface area contributed by atoms with Gasteiger partial charge in [0.05, 0.1) is 12.4 Å². The molecular formula is C25H32N2. The van der Waals surface area contributed by atoms with Gasteiger partial charge < -0.3 is 0 Å². The number of hydrogen-bond acceptors (Lipinski definition) is 2. The molecule has 0 N–H and O–H groups in total. The van der Waals surface area contributed by atoms with E-state index in [0.717, 1.165) is 29.4 Å². The first-order chi connectivity index (χ1) is 13.2. The average Bonchev–Trinajstić information content (AvgIpc) is 2.72. The first kappa shape index (κ1) is 19.5. The lowest BCUT2D eigenvalue weighted by atomic mass is 9.79. The summed E-state index contributed by atoms with van der Waals surface area (Å²) in [4.78, 5) is 0. The van der Waals surface area contributed by atoms with E-state index in [2.05, 4.69) is 72.6 Å². The fourth-order valence-electron chi connectivity index (χ4n) is 3.80. The maximum absolute atomic E-state index is 4.21. The van der Waals surface area contributed by atoms with Crippen molar-refractivity contribution in [1.29, 1.82) is 0 Å². The van der Waals surface area contributed by atoms with Crippen molar-refractivity contribution in [2.75, 3.05) is 0 Å². The van der Waals surface area contributed by atoms with Crippen molar-refractivity contribution >= 4 is 12.4 Å². The van der Waals surface area contributed by atoms with Gasteiger partial charge in [-0.3, -0.25) is 0 Å². The Morgan fingerprint density at radius 2 is 1.37 bits per heavy atom. The van der Waals surface area contributed by atoms with Crippen LogP contribution in [0.25, 0.3) is 0 Å². The summed E-state index contributed by atoms with van der Waals surface area (Å²) in [6.07, 6.45) is 12.7. The zero-order chi connectivity index (χ0) is 18.9. The molecule has 0 aliphatic heterocycles. The predicted octanol–water partition coefficient (Wildman–Crippen LogP) is 6.78. The third-order valence-corrected chi connectivity index (χ3v) is 5.70. The molecule has 2 nitrogen and oxygen atoms in total. The molecule has 0 atom stereocenters. The van der Waals surface area contributed by atoms with E-state index in [1.807, 2.05) is 12.4 Å². The Balaban J connectivity index is 1.51. The van der Waals surface area contributed by atoms with E-state index < -0.39 is 0 Å². The van der Waals surface area contributed by atoms with Gasteiger partial charge in [-0.15, -0.1) is 0 Å². The van der Waals surface area contributed by atoms with E-state index in [0.29, 0.717) is 0 Å². The first-order valence-electron chi connectivity index (χ1n) is 10.5. The number of unbranched alkanes of at least 4 members (excludes halogenated alkanes) is 1. The molecule has 1 saturated carbocycles. The zero-order valence-electron chi connectivity index (χ0n) is 16.8. The summed E-state index contributed by atoms with van der Waals surface area (Å²) < 4.78 is 0. The van der Waals surface area contributed by atoms with Crippen molar-refractivity contribution in [3.63, 3.8) is 0 Å². The first-order valence-corrected chi connectivity index (χ1v) is 10.5. The minimum atomic E-state index is 0.741. The molecule has 0 unspecified atom stereocenters. The van der Waals surface area contributed by atoms with Gasteiger partial charge in [-0.1, -0.05) is 81.6 Å². The topological polar surface area (TPSA) is 24.7 Å². The van der Waals surface area contributed by atoms with Gasteiger partial charge in [0, 0.05) is 0 Å². The van der Waals surface area contributed by atoms with E-state index in [9.17, 15) is 0 Å². The Hall–Kier alpha value is -2.22. The second kappa shape index (κ2) is 10.2. The van der Waals surface area contributed by atoms with Crippen LogP contribution in [0, 0.1) is 5.92 Å². The summed E-state index contributed by atoms with van der Waals surface area (Å²) in [5.41, 5.74) is 5.07. The molecule has 27 heavy (non-hydrogen) atoms. The number of rotatable bonds is 7. The standard InChI is InChI=1S/C25H32N2/c1-3-4-5-21-8-10-22(11-9-21)18-26-27-19-23-12-16-25(17-13-23)24-14-6-20(2)7-15-24/h8-13,16-20,24H,3-7,14-15H2,1-2H3/b26-18+,27-19+. The minimum Gasteiger partial charge on any atom is -0.159 e. The molecule has 0 amide bonds. The highest BCUT2D eigenvalue weighted by molar-refractivity contribution is 5.82. The maximum Gasteiger partial charge on any atom is 0.0568 e. The van der Waals surface area contributed by atoms with Crippen molar-refractivity contribution in [3.8, 4) is 0 Å². The summed E-state index contributed by atoms with van der Waals surface area (Å²) in [5, 5.41) is 8.40. The van der Waals surface area contributed by atoms with Gasteiger partial charge in [0.15, 0.2) is 0 Å². The van der Waals surface area contributed by atoms with Crippen LogP contribution in [0.3, 0.4) is 0 Å². The van der Waals surface area contributed by atoms with Gasteiger partial charge in [-0.2, -0.15) is 10.2 Å². The Morgan fingerprint density at radius 1 is 0.815 bits per heavy atom. The molecule has 2 aromatic carbocycles. The largest absolute Gasteiger partial charge is 0.159 e. The van der Waals surface area contributed by atoms with Crippen LogP contribution in [0.15, 0.2) is 58.7 Å². The van der Waals surface area contributed by atoms with Crippen LogP contribution in [0.4, 0.5) is 0 Å². The van der Waals surface area contributed by atoms with Crippen LogP contribution >= 0.6 is 0 Å². The van der Waals surface area contributed by atoms with Crippen molar-refractivity contribution in [1.82, 2.24) is 0 Å². The van der Waals surface area contributed by atoms with E-state index >= 15 is 0 Å². The lowest BCUT2D eigenvalue weighted by Crippen LogP contribution is -2.10. The molecule has 1 aliphatic rings. The van der Waals surface area contributed by atoms with Crippen molar-refractivity contribution in [2.24, 2.45) is 16.1 Å². The second-order valence-corrected chi connectivity index (χ2v) is 7.96. The third kappa shape index (κ3) is 6.16. The molecule has 1 aliphatic carbocycles. The normalized spacial score (nSPS) is 20.5. The average molecular weight is 361 g/mol. The predicted molar refractivity (Wildman–Crippen MR) is 117 cm³/mol. The summed E-state index contributed by atoms with van der Waals surface area (Å²) >= 11 is 0. The molecule has 0 radical (unpaired) electrons. The minimum absolute atomic E-state index is 0.741. The second-order valence-electron chi connectivity index (χ2n) is 7.96. The smallest absolute Gasteiger partial charge is 0.0568 e. The highest BCUT2D eigenvalue weighted by Crippen LogP contribution is 2.35. The summed E-state index contributed by atoms with van der Waals surface area (Å²) in [6.45, 7) is 4.60. The molecule has 142 valence electrons. The SMILES string of the molecule is CCCCc1ccc(/C=N/N=C/c2ccc(C3CCC(C)CC3)cc2)cc1. The molecule has 1 fully saturated rings. The van der Waals surface area contributed by atoms with Crippen LogP contribution < -0.4 is 0 Å². The molecule has 2 heteroatoms. The van der Waals surface area contributed by atoms with E-state index in [1.54, 1.807) is 0 Å². The molecule has 0 aromatic heterocycles. The molecule has 2 aromatic rings. The Bertz CT molecular complexity index is 733. The molecule has 0 spiro atoms. The van der Waals surface area contributed by atoms with E-state index in [4.69, 9.17) is 0 Å². The van der Waals surface area contributed by atoms with Gasteiger partial charge in [0.1, 0.15) is 0 Å². The van der Waals surface area contributed by atoms with Gasteiger partial charge in [-0.25, -0.2) is 0 Å². The Morgan fingerprint density at radius 3 is 1.93 bits per heavy atom. The lowest BCUT2D eigenvalue weighted by Gasteiger charge is -2.26. The van der Waals surface area contributed by atoms with E-state index in [1.165, 1.54) is 49.7 Å². The lowest BCUT2D eigenvalue weighted by molar-refractivity contribution is 0.348. The summed E-state index contributed by atoms with van der Waals surface area (Å²) in [7, 11) is 0. The highest BCUT2D eigenvalue weighted by atomic mass is 15.2. The molecule has 3 rings (SSSR count). The summed E-state index contributed by atoms with van der Waals surface area (Å²) in [5.74, 6) is 1.64. The van der Waals surface area contributed by atoms with Gasteiger partial charge in [0.2, 0.25) is 0 Å². The van der Waals surface area contributed by atoms with Crippen LogP contribution in [0.5, 0.6) is 0 Å². The van der Waals surface area contributed by atoms with Crippen molar-refractivity contribution in [2.45, 2.75) is 64.7 Å². The fraction of sp³-hybridized carbons (Fsp3) is 0.440. The quantitative estimate of drug-likeness (QED) is 0.384. The Kier molecular flexibility index (Phi) is 7.38. The molecule has 0 heterocycles. The Labute approximate surface area is 164 Å². The number of benzene rings is 2. The third-order valence-electron chi connectivity index (χ3n) is 5.70. The van der Waals surface area contributed by atoms with Gasteiger partial charge in [0.25, 0.3) is 0 Å². The number of nitrogens with zero attached hydrogens (tertiary/aromatic N) is 2. The van der Waals surface area contributed by atoms with E-state index in [-0.39, 0.29) is 0 Å². The van der Waals surface area contributed by atoms with Crippen molar-refractivity contribution < 1.29 is 0 Å². The van der Waals surface area contributed by atoms with Crippen molar-refractivity contribution in [3.05, 3.63) is 70.8 Å². The molecule has 0 saturated heterocycles. The summed E-state index contributed by atoms with van der Waals surface area (Å²) in [6, 6.07) is 17.5. The monoisotopic (exact) mass is 360 g/mol.